The highest BCUT2D eigenvalue weighted by molar-refractivity contribution is 6.31. The van der Waals surface area contributed by atoms with E-state index in [1.54, 1.807) is 0 Å². The number of aromatic nitrogens is 2. The second-order valence-electron chi connectivity index (χ2n) is 16.8. The van der Waals surface area contributed by atoms with Gasteiger partial charge in [0.05, 0.1) is 0 Å². The largest absolute Gasteiger partial charge is 0.258 e. The van der Waals surface area contributed by atoms with Gasteiger partial charge < -0.3 is 0 Å². The number of aryl methyl sites for hydroxylation is 4. The van der Waals surface area contributed by atoms with Crippen LogP contribution in [0.2, 0.25) is 0 Å². The first kappa shape index (κ1) is 32.2. The first-order valence-electron chi connectivity index (χ1n) is 20.4. The average molecular weight is 719 g/mol. The third-order valence-corrected chi connectivity index (χ3v) is 13.3. The van der Waals surface area contributed by atoms with E-state index in [1.807, 2.05) is 0 Å². The third kappa shape index (κ3) is 4.39. The predicted octanol–water partition coefficient (Wildman–Crippen LogP) is 13.9. The van der Waals surface area contributed by atoms with Crippen LogP contribution in [-0.2, 0) is 0 Å². The molecule has 0 fully saturated rings. The van der Waals surface area contributed by atoms with Gasteiger partial charge >= 0.3 is 0 Å². The van der Waals surface area contributed by atoms with Gasteiger partial charge in [-0.1, -0.05) is 91.1 Å². The Morgan fingerprint density at radius 3 is 1.91 bits per heavy atom. The summed E-state index contributed by atoms with van der Waals surface area (Å²) in [6.45, 7) is 8.61. The van der Waals surface area contributed by atoms with Gasteiger partial charge in [-0.3, -0.25) is 9.97 Å². The van der Waals surface area contributed by atoms with Crippen LogP contribution in [0.1, 0.15) is 59.6 Å². The summed E-state index contributed by atoms with van der Waals surface area (Å²) in [5, 5.41) is 5.36. The minimum atomic E-state index is 0.232. The molecule has 0 bridgehead atoms. The van der Waals surface area contributed by atoms with E-state index in [1.165, 1.54) is 111 Å². The van der Waals surface area contributed by atoms with E-state index in [2.05, 4.69) is 149 Å². The maximum Gasteiger partial charge on any atom is 0.0382 e. The van der Waals surface area contributed by atoms with E-state index in [-0.39, 0.29) is 11.8 Å². The molecule has 0 saturated carbocycles. The summed E-state index contributed by atoms with van der Waals surface area (Å²) < 4.78 is 0. The molecule has 2 atom stereocenters. The Morgan fingerprint density at radius 2 is 1.18 bits per heavy atom. The fourth-order valence-corrected chi connectivity index (χ4v) is 11.5. The van der Waals surface area contributed by atoms with Crippen molar-refractivity contribution in [3.05, 3.63) is 178 Å². The molecular weight excluding hydrogens is 677 g/mol. The van der Waals surface area contributed by atoms with Crippen LogP contribution in [0.3, 0.4) is 0 Å². The van der Waals surface area contributed by atoms with Crippen molar-refractivity contribution in [2.24, 2.45) is 11.8 Å². The molecule has 12 rings (SSSR count). The molecule has 268 valence electrons. The van der Waals surface area contributed by atoms with Crippen molar-refractivity contribution < 1.29 is 0 Å². The molecule has 6 aromatic rings. The highest BCUT2D eigenvalue weighted by atomic mass is 14.7. The van der Waals surface area contributed by atoms with Crippen LogP contribution >= 0.6 is 0 Å². The number of fused-ring (bicyclic) bond motifs is 9. The Labute approximate surface area is 328 Å². The molecule has 6 aliphatic carbocycles. The number of allylic oxidation sites excluding steroid dienone is 14. The van der Waals surface area contributed by atoms with E-state index in [0.29, 0.717) is 0 Å². The summed E-state index contributed by atoms with van der Waals surface area (Å²) in [5.74, 6) is 0.512. The Balaban J connectivity index is 1.32. The summed E-state index contributed by atoms with van der Waals surface area (Å²) in [6.07, 6.45) is 23.9. The maximum atomic E-state index is 4.93. The van der Waals surface area contributed by atoms with Crippen molar-refractivity contribution in [3.8, 4) is 44.5 Å². The van der Waals surface area contributed by atoms with E-state index in [0.717, 1.165) is 48.5 Å². The van der Waals surface area contributed by atoms with Crippen molar-refractivity contribution in [2.45, 2.75) is 53.4 Å². The summed E-state index contributed by atoms with van der Waals surface area (Å²) in [6, 6.07) is 27.9. The molecule has 2 nitrogen and oxygen atoms in total. The van der Waals surface area contributed by atoms with Crippen LogP contribution in [0.15, 0.2) is 144 Å². The summed E-state index contributed by atoms with van der Waals surface area (Å²) in [5.41, 5.74) is 26.5. The lowest BCUT2D eigenvalue weighted by Crippen LogP contribution is -2.26. The molecule has 2 unspecified atom stereocenters. The van der Waals surface area contributed by atoms with Crippen molar-refractivity contribution >= 4 is 32.7 Å². The van der Waals surface area contributed by atoms with Crippen LogP contribution in [0.4, 0.5) is 0 Å². The summed E-state index contributed by atoms with van der Waals surface area (Å²) in [4.78, 5) is 9.84. The van der Waals surface area contributed by atoms with Gasteiger partial charge in [-0.2, -0.15) is 0 Å². The second kappa shape index (κ2) is 11.7. The molecule has 2 aromatic heterocycles. The molecule has 0 N–H and O–H groups in total. The van der Waals surface area contributed by atoms with Gasteiger partial charge in [0, 0.05) is 34.6 Å². The average Bonchev–Trinajstić information content (AvgIpc) is 3.70. The number of benzene rings is 4. The number of hydrogen-bond acceptors (Lipinski definition) is 2. The lowest BCUT2D eigenvalue weighted by molar-refractivity contribution is 0.623. The predicted molar refractivity (Wildman–Crippen MR) is 234 cm³/mol. The monoisotopic (exact) mass is 718 g/mol. The molecule has 0 aliphatic heterocycles. The minimum absolute atomic E-state index is 0.232. The minimum Gasteiger partial charge on any atom is -0.258 e. The molecule has 0 amide bonds. The van der Waals surface area contributed by atoms with Crippen LogP contribution in [-0.4, -0.2) is 9.97 Å². The molecule has 0 spiro atoms. The van der Waals surface area contributed by atoms with Crippen molar-refractivity contribution in [1.82, 2.24) is 9.97 Å². The Hall–Kier alpha value is -6.12. The van der Waals surface area contributed by atoms with Crippen LogP contribution in [0, 0.1) is 39.5 Å². The van der Waals surface area contributed by atoms with E-state index < -0.39 is 0 Å². The second-order valence-corrected chi connectivity index (χ2v) is 16.8. The van der Waals surface area contributed by atoms with Crippen LogP contribution in [0.25, 0.3) is 77.2 Å². The molecule has 2 heterocycles. The number of nitrogens with zero attached hydrogens (tertiary/aromatic N) is 2. The highest BCUT2D eigenvalue weighted by Crippen LogP contribution is 2.65. The fraction of sp³-hybridized carbons (Fsp3) is 0.185. The van der Waals surface area contributed by atoms with E-state index >= 15 is 0 Å². The molecule has 6 aliphatic rings. The Kier molecular flexibility index (Phi) is 6.72. The Morgan fingerprint density at radius 1 is 0.518 bits per heavy atom. The first-order chi connectivity index (χ1) is 27.4. The van der Waals surface area contributed by atoms with Gasteiger partial charge in [-0.15, -0.1) is 0 Å². The van der Waals surface area contributed by atoms with Crippen LogP contribution in [0.5, 0.6) is 0 Å². The normalized spacial score (nSPS) is 19.7. The molecule has 4 aromatic carbocycles. The van der Waals surface area contributed by atoms with Crippen LogP contribution < -0.4 is 0 Å². The van der Waals surface area contributed by atoms with Gasteiger partial charge in [-0.05, 0) is 194 Å². The van der Waals surface area contributed by atoms with Gasteiger partial charge in [-0.25, -0.2) is 0 Å². The van der Waals surface area contributed by atoms with E-state index in [9.17, 15) is 0 Å². The van der Waals surface area contributed by atoms with Gasteiger partial charge in [0.2, 0.25) is 0 Å². The van der Waals surface area contributed by atoms with Crippen molar-refractivity contribution in [3.63, 3.8) is 0 Å². The van der Waals surface area contributed by atoms with Gasteiger partial charge in [0.15, 0.2) is 0 Å². The summed E-state index contributed by atoms with van der Waals surface area (Å²) >= 11 is 0. The van der Waals surface area contributed by atoms with Gasteiger partial charge in [0.25, 0.3) is 0 Å². The standard InChI is InChI=1S/C54H42N2/c1-29-23-35(24-30(2)55-29)47-46-28-44-40-18-11-10-17-39(40)41-19-12-20-42(49(41)44)51(46)48(36-25-31(3)56-32(4)26-36)54-45-27-34-15-8-9-16-37(34)50-38(33-13-6-5-7-14-33)21-22-43(52(45)50)53(47)54/h5-6,9-13,16-28,50,52H,7-8,14-15H2,1-4H3. The smallest absolute Gasteiger partial charge is 0.0382 e. The molecule has 0 radical (unpaired) electrons. The molecule has 2 heteroatoms. The molecule has 0 saturated heterocycles. The number of rotatable bonds is 3. The van der Waals surface area contributed by atoms with Crippen molar-refractivity contribution in [2.75, 3.05) is 0 Å². The number of pyridine rings is 2. The Bertz CT molecular complexity index is 3020. The lowest BCUT2D eigenvalue weighted by Gasteiger charge is -2.39. The highest BCUT2D eigenvalue weighted by Gasteiger charge is 2.48. The third-order valence-electron chi connectivity index (χ3n) is 13.3. The first-order valence-corrected chi connectivity index (χ1v) is 20.4. The molecule has 56 heavy (non-hydrogen) atoms. The topological polar surface area (TPSA) is 25.8 Å². The zero-order valence-corrected chi connectivity index (χ0v) is 32.4. The van der Waals surface area contributed by atoms with Crippen molar-refractivity contribution in [1.29, 1.82) is 0 Å². The van der Waals surface area contributed by atoms with Gasteiger partial charge in [0.1, 0.15) is 0 Å². The molecular formula is C54H42N2. The maximum absolute atomic E-state index is 4.93. The summed E-state index contributed by atoms with van der Waals surface area (Å²) in [7, 11) is 0. The van der Waals surface area contributed by atoms with E-state index in [4.69, 9.17) is 9.97 Å². The quantitative estimate of drug-likeness (QED) is 0.170. The zero-order valence-electron chi connectivity index (χ0n) is 32.4. The zero-order chi connectivity index (χ0) is 37.4. The number of hydrogen-bond donors (Lipinski definition) is 0. The SMILES string of the molecule is Cc1cc(-c2c3c(c(-c4cc(C)nc(C)c4)c4c2cc2c5c(cccc54)-c4ccccc4-2)C2=CC4=C(C=CCC4)C4C(C5=CC=CCC5)=CC=C3C24)cc(C)n1. The lowest BCUT2D eigenvalue weighted by atomic mass is 9.64. The fourth-order valence-electron chi connectivity index (χ4n) is 11.5.